The van der Waals surface area contributed by atoms with Gasteiger partial charge in [-0.15, -0.1) is 11.3 Å². The minimum atomic E-state index is -0.258. The van der Waals surface area contributed by atoms with Crippen LogP contribution in [0.1, 0.15) is 49.7 Å². The quantitative estimate of drug-likeness (QED) is 0.554. The Hall–Kier alpha value is -2.53. The summed E-state index contributed by atoms with van der Waals surface area (Å²) < 4.78 is 0. The van der Waals surface area contributed by atoms with Gasteiger partial charge >= 0.3 is 0 Å². The predicted molar refractivity (Wildman–Crippen MR) is 124 cm³/mol. The van der Waals surface area contributed by atoms with E-state index >= 15 is 0 Å². The lowest BCUT2D eigenvalue weighted by Crippen LogP contribution is -2.57. The molecule has 5 heteroatoms. The molecular weight excluding hydrogens is 402 g/mol. The fraction of sp³-hybridized carbons (Fsp3) is 0.423. The number of nitrogens with one attached hydrogen (secondary N) is 1. The van der Waals surface area contributed by atoms with E-state index in [1.165, 1.54) is 41.7 Å². The van der Waals surface area contributed by atoms with Gasteiger partial charge in [0.1, 0.15) is 5.69 Å². The van der Waals surface area contributed by atoms with Crippen LogP contribution in [-0.4, -0.2) is 15.9 Å². The van der Waals surface area contributed by atoms with Gasteiger partial charge in [0, 0.05) is 11.6 Å². The van der Waals surface area contributed by atoms with Crippen molar-refractivity contribution in [1.82, 2.24) is 9.97 Å². The summed E-state index contributed by atoms with van der Waals surface area (Å²) in [5, 5.41) is 5.87. The van der Waals surface area contributed by atoms with Gasteiger partial charge in [-0.25, -0.2) is 4.98 Å². The van der Waals surface area contributed by atoms with Crippen LogP contribution >= 0.6 is 11.3 Å². The van der Waals surface area contributed by atoms with Crippen molar-refractivity contribution in [3.05, 3.63) is 65.2 Å². The van der Waals surface area contributed by atoms with Gasteiger partial charge < -0.3 is 5.32 Å². The third kappa shape index (κ3) is 3.21. The summed E-state index contributed by atoms with van der Waals surface area (Å²) >= 11 is 1.49. The first kappa shape index (κ1) is 19.2. The van der Waals surface area contributed by atoms with Crippen LogP contribution in [0.4, 0.5) is 5.13 Å². The van der Waals surface area contributed by atoms with E-state index in [0.29, 0.717) is 17.0 Å². The molecule has 4 nitrogen and oxygen atoms in total. The molecule has 1 N–H and O–H groups in total. The smallest absolute Gasteiger partial charge is 0.232 e. The van der Waals surface area contributed by atoms with Crippen LogP contribution in [-0.2, 0) is 10.2 Å². The molecule has 2 aromatic heterocycles. The Morgan fingerprint density at radius 1 is 1.03 bits per heavy atom. The second-order valence-electron chi connectivity index (χ2n) is 10.1. The highest BCUT2D eigenvalue weighted by molar-refractivity contribution is 7.14. The molecular formula is C26H27N3OS. The van der Waals surface area contributed by atoms with Crippen molar-refractivity contribution < 1.29 is 4.79 Å². The number of hydrogen-bond donors (Lipinski definition) is 1. The molecule has 4 aliphatic carbocycles. The summed E-state index contributed by atoms with van der Waals surface area (Å²) in [5.41, 5.74) is 4.31. The molecule has 1 amide bonds. The second kappa shape index (κ2) is 6.99. The van der Waals surface area contributed by atoms with Crippen molar-refractivity contribution in [3.63, 3.8) is 0 Å². The molecule has 4 bridgehead atoms. The first-order valence-corrected chi connectivity index (χ1v) is 12.2. The lowest BCUT2D eigenvalue weighted by atomic mass is 9.42. The summed E-state index contributed by atoms with van der Waals surface area (Å²) in [7, 11) is 0. The molecule has 3 aromatic rings. The number of hydrogen-bond acceptors (Lipinski definition) is 4. The van der Waals surface area contributed by atoms with E-state index in [1.54, 1.807) is 6.20 Å². The maximum Gasteiger partial charge on any atom is 0.232 e. The number of aryl methyl sites for hydroxylation is 1. The lowest BCUT2D eigenvalue weighted by Gasteiger charge is -2.61. The number of amides is 1. The highest BCUT2D eigenvalue weighted by Crippen LogP contribution is 2.66. The monoisotopic (exact) mass is 429 g/mol. The van der Waals surface area contributed by atoms with Crippen LogP contribution in [0.2, 0.25) is 0 Å². The number of anilines is 1. The summed E-state index contributed by atoms with van der Waals surface area (Å²) in [4.78, 5) is 22.7. The summed E-state index contributed by atoms with van der Waals surface area (Å²) in [6.45, 7) is 2.14. The van der Waals surface area contributed by atoms with E-state index in [9.17, 15) is 4.79 Å². The molecule has 4 fully saturated rings. The van der Waals surface area contributed by atoms with Crippen molar-refractivity contribution in [3.8, 4) is 11.4 Å². The first-order valence-electron chi connectivity index (χ1n) is 11.3. The van der Waals surface area contributed by atoms with Gasteiger partial charge in [0.05, 0.1) is 11.1 Å². The topological polar surface area (TPSA) is 54.9 Å². The molecule has 31 heavy (non-hydrogen) atoms. The van der Waals surface area contributed by atoms with Gasteiger partial charge in [0.15, 0.2) is 5.13 Å². The van der Waals surface area contributed by atoms with Crippen LogP contribution < -0.4 is 5.32 Å². The summed E-state index contributed by atoms with van der Waals surface area (Å²) in [6.07, 6.45) is 8.57. The molecule has 4 aliphatic rings. The van der Waals surface area contributed by atoms with Gasteiger partial charge in [0.2, 0.25) is 5.91 Å². The number of nitrogens with zero attached hydrogens (tertiary/aromatic N) is 2. The van der Waals surface area contributed by atoms with Crippen LogP contribution in [0.5, 0.6) is 0 Å². The molecule has 158 valence electrons. The van der Waals surface area contributed by atoms with Crippen molar-refractivity contribution in [1.29, 1.82) is 0 Å². The zero-order valence-electron chi connectivity index (χ0n) is 17.8. The Morgan fingerprint density at radius 2 is 1.81 bits per heavy atom. The van der Waals surface area contributed by atoms with Crippen molar-refractivity contribution >= 4 is 22.4 Å². The molecule has 0 radical (unpaired) electrons. The number of carbonyl (C=O) groups is 1. The molecule has 0 spiro atoms. The fourth-order valence-electron chi connectivity index (χ4n) is 6.97. The second-order valence-corrected chi connectivity index (χ2v) is 11.0. The Morgan fingerprint density at radius 3 is 2.52 bits per heavy atom. The zero-order valence-corrected chi connectivity index (χ0v) is 18.6. The van der Waals surface area contributed by atoms with Gasteiger partial charge in [-0.2, -0.15) is 0 Å². The molecule has 2 heterocycles. The van der Waals surface area contributed by atoms with E-state index in [2.05, 4.69) is 46.5 Å². The van der Waals surface area contributed by atoms with E-state index in [1.807, 2.05) is 23.6 Å². The minimum Gasteiger partial charge on any atom is -0.301 e. The fourth-order valence-corrected chi connectivity index (χ4v) is 7.67. The molecule has 4 saturated carbocycles. The van der Waals surface area contributed by atoms with E-state index in [4.69, 9.17) is 0 Å². The van der Waals surface area contributed by atoms with Gasteiger partial charge in [-0.3, -0.25) is 9.78 Å². The Balaban J connectivity index is 1.28. The van der Waals surface area contributed by atoms with E-state index < -0.39 is 0 Å². The van der Waals surface area contributed by atoms with Crippen LogP contribution in [0, 0.1) is 24.2 Å². The number of pyridine rings is 1. The summed E-state index contributed by atoms with van der Waals surface area (Å²) in [6, 6.07) is 14.9. The predicted octanol–water partition coefficient (Wildman–Crippen LogP) is 5.99. The van der Waals surface area contributed by atoms with Gasteiger partial charge in [-0.05, 0) is 80.4 Å². The van der Waals surface area contributed by atoms with Crippen molar-refractivity contribution in [2.45, 2.75) is 50.9 Å². The van der Waals surface area contributed by atoms with Crippen molar-refractivity contribution in [2.24, 2.45) is 17.3 Å². The maximum atomic E-state index is 13.7. The average Bonchev–Trinajstić information content (AvgIpc) is 3.22. The molecule has 0 unspecified atom stereocenters. The third-order valence-corrected chi connectivity index (χ3v) is 8.62. The largest absolute Gasteiger partial charge is 0.301 e. The minimum absolute atomic E-state index is 0.164. The van der Waals surface area contributed by atoms with Crippen molar-refractivity contribution in [2.75, 3.05) is 5.32 Å². The van der Waals surface area contributed by atoms with Crippen LogP contribution in [0.25, 0.3) is 11.4 Å². The number of rotatable bonds is 4. The molecule has 0 saturated heterocycles. The summed E-state index contributed by atoms with van der Waals surface area (Å²) in [5.74, 6) is 1.50. The normalized spacial score (nSPS) is 31.0. The highest BCUT2D eigenvalue weighted by Gasteiger charge is 2.61. The highest BCUT2D eigenvalue weighted by atomic mass is 32.1. The average molecular weight is 430 g/mol. The number of carbonyl (C=O) groups excluding carboxylic acids is 1. The van der Waals surface area contributed by atoms with Gasteiger partial charge in [-0.1, -0.05) is 35.9 Å². The standard InChI is InChI=1S/C26H27N3OS/c1-17-5-7-20(8-6-17)25-11-18-10-19(12-25)14-26(13-18,16-25)23(30)29-24-28-22(15-31-24)21-4-2-3-9-27-21/h2-9,15,18-19H,10-14,16H2,1H3,(H,28,29,30)/t18-,19-,25?,26?/m1/s1. The molecule has 1 aromatic carbocycles. The number of thiazole rings is 1. The SMILES string of the molecule is Cc1ccc(C23C[C@H]4C[C@@H](CC(C(=O)Nc5nc(-c6ccccn6)cs5)(C4)C2)C3)cc1. The number of benzene rings is 1. The zero-order chi connectivity index (χ0) is 21.1. The van der Waals surface area contributed by atoms with Gasteiger partial charge in [0.25, 0.3) is 0 Å². The molecule has 0 aliphatic heterocycles. The van der Waals surface area contributed by atoms with E-state index in [0.717, 1.165) is 30.7 Å². The van der Waals surface area contributed by atoms with Crippen LogP contribution in [0.15, 0.2) is 54.0 Å². The molecule has 7 rings (SSSR count). The Kier molecular flexibility index (Phi) is 4.32. The van der Waals surface area contributed by atoms with E-state index in [-0.39, 0.29) is 16.7 Å². The number of aromatic nitrogens is 2. The first-order chi connectivity index (χ1) is 15.0. The van der Waals surface area contributed by atoms with Crippen LogP contribution in [0.3, 0.4) is 0 Å². The Bertz CT molecular complexity index is 1110. The maximum absolute atomic E-state index is 13.7. The molecule has 2 atom stereocenters. The Labute approximate surface area is 187 Å². The third-order valence-electron chi connectivity index (χ3n) is 7.86. The lowest BCUT2D eigenvalue weighted by molar-refractivity contribution is -0.143.